The van der Waals surface area contributed by atoms with E-state index in [9.17, 15) is 4.79 Å². The number of rotatable bonds is 6. The van der Waals surface area contributed by atoms with E-state index >= 15 is 0 Å². The second-order valence-corrected chi connectivity index (χ2v) is 9.66. The molecule has 3 N–H and O–H groups in total. The Bertz CT molecular complexity index is 1350. The van der Waals surface area contributed by atoms with Crippen LogP contribution in [-0.2, 0) is 4.74 Å². The average molecular weight is 497 g/mol. The van der Waals surface area contributed by atoms with Crippen molar-refractivity contribution >= 4 is 68.2 Å². The van der Waals surface area contributed by atoms with E-state index in [0.29, 0.717) is 23.1 Å². The zero-order valence-electron chi connectivity index (χ0n) is 19.2. The first kappa shape index (κ1) is 23.9. The quantitative estimate of drug-likeness (QED) is 0.192. The van der Waals surface area contributed by atoms with Crippen LogP contribution < -0.4 is 16.0 Å². The van der Waals surface area contributed by atoms with Gasteiger partial charge in [-0.1, -0.05) is 41.4 Å². The van der Waals surface area contributed by atoms with Gasteiger partial charge in [0.2, 0.25) is 0 Å². The Hall–Kier alpha value is -3.22. The van der Waals surface area contributed by atoms with Crippen LogP contribution in [0.2, 0.25) is 10.0 Å². The summed E-state index contributed by atoms with van der Waals surface area (Å²) in [6.07, 6.45) is -0.434. The number of benzene rings is 3. The van der Waals surface area contributed by atoms with Gasteiger partial charge in [-0.2, -0.15) is 0 Å². The van der Waals surface area contributed by atoms with E-state index in [1.807, 2.05) is 69.3 Å². The summed E-state index contributed by atoms with van der Waals surface area (Å²) in [5.41, 5.74) is 3.87. The largest absolute Gasteiger partial charge is 0.444 e. The first-order chi connectivity index (χ1) is 16.2. The Labute approximate surface area is 208 Å². The molecule has 0 aliphatic carbocycles. The maximum atomic E-state index is 11.9. The van der Waals surface area contributed by atoms with E-state index in [1.54, 1.807) is 12.1 Å². The molecule has 8 heteroatoms. The third-order valence-corrected chi connectivity index (χ3v) is 5.72. The van der Waals surface area contributed by atoms with Crippen molar-refractivity contribution in [2.45, 2.75) is 26.4 Å². The molecule has 0 fully saturated rings. The molecule has 1 heterocycles. The standard InChI is InChI=1S/C26H26Cl2N4O2/c1-26(2,3)34-25(33)30-13-12-29-24-18-6-4-5-7-22(18)32-23-15-17(8-10-19(23)24)31-16-9-11-20(27)21(28)14-16/h4-11,14-15,31H,12-13H2,1-3H3,(H,29,32)(H,30,33). The molecule has 176 valence electrons. The van der Waals surface area contributed by atoms with E-state index in [-0.39, 0.29) is 0 Å². The second-order valence-electron chi connectivity index (χ2n) is 8.85. The molecular formula is C26H26Cl2N4O2. The number of nitrogens with zero attached hydrogens (tertiary/aromatic N) is 1. The van der Waals surface area contributed by atoms with Crippen LogP contribution in [0.3, 0.4) is 0 Å². The Kier molecular flexibility index (Phi) is 7.00. The third kappa shape index (κ3) is 5.82. The Morgan fingerprint density at radius 3 is 2.35 bits per heavy atom. The predicted molar refractivity (Wildman–Crippen MR) is 142 cm³/mol. The Morgan fingerprint density at radius 1 is 0.882 bits per heavy atom. The summed E-state index contributed by atoms with van der Waals surface area (Å²) in [7, 11) is 0. The molecule has 0 atom stereocenters. The van der Waals surface area contributed by atoms with Crippen molar-refractivity contribution in [1.82, 2.24) is 10.3 Å². The van der Waals surface area contributed by atoms with Crippen molar-refractivity contribution in [2.24, 2.45) is 0 Å². The lowest BCUT2D eigenvalue weighted by molar-refractivity contribution is 0.0530. The van der Waals surface area contributed by atoms with Crippen molar-refractivity contribution in [3.63, 3.8) is 0 Å². The molecule has 4 aromatic rings. The van der Waals surface area contributed by atoms with Crippen molar-refractivity contribution in [3.05, 3.63) is 70.7 Å². The number of carbonyl (C=O) groups is 1. The summed E-state index contributed by atoms with van der Waals surface area (Å²) in [6, 6.07) is 19.4. The minimum Gasteiger partial charge on any atom is -0.444 e. The normalized spacial score (nSPS) is 11.4. The maximum absolute atomic E-state index is 11.9. The highest BCUT2D eigenvalue weighted by atomic mass is 35.5. The smallest absolute Gasteiger partial charge is 0.407 e. The van der Waals surface area contributed by atoms with Crippen molar-refractivity contribution in [2.75, 3.05) is 23.7 Å². The first-order valence-electron chi connectivity index (χ1n) is 10.9. The molecule has 4 rings (SSSR count). The van der Waals surface area contributed by atoms with Gasteiger partial charge in [0.15, 0.2) is 0 Å². The molecule has 0 spiro atoms. The molecule has 3 aromatic carbocycles. The molecule has 0 bridgehead atoms. The van der Waals surface area contributed by atoms with Gasteiger partial charge in [-0.3, -0.25) is 0 Å². The molecule has 0 unspecified atom stereocenters. The number of anilines is 3. The van der Waals surface area contributed by atoms with Crippen LogP contribution in [0.4, 0.5) is 21.9 Å². The number of aromatic nitrogens is 1. The molecule has 0 aliphatic rings. The fraction of sp³-hybridized carbons (Fsp3) is 0.231. The van der Waals surface area contributed by atoms with E-state index in [0.717, 1.165) is 38.9 Å². The number of hydrogen-bond acceptors (Lipinski definition) is 5. The van der Waals surface area contributed by atoms with Gasteiger partial charge in [-0.15, -0.1) is 0 Å². The molecule has 0 saturated heterocycles. The van der Waals surface area contributed by atoms with Gasteiger partial charge in [-0.25, -0.2) is 9.78 Å². The van der Waals surface area contributed by atoms with Gasteiger partial charge in [0.1, 0.15) is 5.60 Å². The number of para-hydroxylation sites is 1. The monoisotopic (exact) mass is 496 g/mol. The Balaban J connectivity index is 1.57. The van der Waals surface area contributed by atoms with Crippen molar-refractivity contribution in [3.8, 4) is 0 Å². The zero-order valence-corrected chi connectivity index (χ0v) is 20.7. The highest BCUT2D eigenvalue weighted by Gasteiger charge is 2.15. The number of halogens is 2. The fourth-order valence-electron chi connectivity index (χ4n) is 3.57. The minimum atomic E-state index is -0.530. The number of carbonyl (C=O) groups excluding carboxylic acids is 1. The maximum Gasteiger partial charge on any atom is 0.407 e. The fourth-order valence-corrected chi connectivity index (χ4v) is 3.87. The molecular weight excluding hydrogens is 471 g/mol. The lowest BCUT2D eigenvalue weighted by Gasteiger charge is -2.20. The average Bonchev–Trinajstić information content (AvgIpc) is 2.77. The molecule has 1 aromatic heterocycles. The molecule has 34 heavy (non-hydrogen) atoms. The number of alkyl carbamates (subject to hydrolysis) is 1. The second kappa shape index (κ2) is 9.95. The van der Waals surface area contributed by atoms with Gasteiger partial charge < -0.3 is 20.7 Å². The summed E-state index contributed by atoms with van der Waals surface area (Å²) in [6.45, 7) is 6.47. The number of ether oxygens (including phenoxy) is 1. The molecule has 0 aliphatic heterocycles. The third-order valence-electron chi connectivity index (χ3n) is 4.98. The number of nitrogens with one attached hydrogen (secondary N) is 3. The summed E-state index contributed by atoms with van der Waals surface area (Å²) >= 11 is 12.2. The van der Waals surface area contributed by atoms with E-state index in [4.69, 9.17) is 32.9 Å². The zero-order chi connectivity index (χ0) is 24.3. The molecule has 0 radical (unpaired) electrons. The van der Waals surface area contributed by atoms with Crippen molar-refractivity contribution in [1.29, 1.82) is 0 Å². The first-order valence-corrected chi connectivity index (χ1v) is 11.7. The molecule has 1 amide bonds. The van der Waals surface area contributed by atoms with Crippen LogP contribution in [0.15, 0.2) is 60.7 Å². The molecule has 6 nitrogen and oxygen atoms in total. The molecule has 0 saturated carbocycles. The number of pyridine rings is 1. The van der Waals surface area contributed by atoms with Crippen LogP contribution >= 0.6 is 23.2 Å². The predicted octanol–water partition coefficient (Wildman–Crippen LogP) is 7.38. The van der Waals surface area contributed by atoms with Crippen LogP contribution in [-0.4, -0.2) is 29.8 Å². The van der Waals surface area contributed by atoms with Gasteiger partial charge in [0, 0.05) is 35.2 Å². The van der Waals surface area contributed by atoms with E-state index in [2.05, 4.69) is 16.0 Å². The van der Waals surface area contributed by atoms with Crippen LogP contribution in [0.5, 0.6) is 0 Å². The summed E-state index contributed by atoms with van der Waals surface area (Å²) in [5.74, 6) is 0. The lowest BCUT2D eigenvalue weighted by atomic mass is 10.1. The van der Waals surface area contributed by atoms with Crippen LogP contribution in [0.1, 0.15) is 20.8 Å². The van der Waals surface area contributed by atoms with E-state index < -0.39 is 11.7 Å². The number of fused-ring (bicyclic) bond motifs is 2. The van der Waals surface area contributed by atoms with Gasteiger partial charge in [-0.05, 0) is 63.2 Å². The topological polar surface area (TPSA) is 75.3 Å². The van der Waals surface area contributed by atoms with Crippen molar-refractivity contribution < 1.29 is 9.53 Å². The Morgan fingerprint density at radius 2 is 1.59 bits per heavy atom. The summed E-state index contributed by atoms with van der Waals surface area (Å²) < 4.78 is 5.30. The summed E-state index contributed by atoms with van der Waals surface area (Å²) in [5, 5.41) is 12.6. The lowest BCUT2D eigenvalue weighted by Crippen LogP contribution is -2.35. The number of amides is 1. The highest BCUT2D eigenvalue weighted by Crippen LogP contribution is 2.33. The minimum absolute atomic E-state index is 0.421. The number of hydrogen-bond donors (Lipinski definition) is 3. The van der Waals surface area contributed by atoms with Gasteiger partial charge in [0.05, 0.1) is 26.8 Å². The van der Waals surface area contributed by atoms with Crippen LogP contribution in [0, 0.1) is 0 Å². The highest BCUT2D eigenvalue weighted by molar-refractivity contribution is 6.42. The van der Waals surface area contributed by atoms with Gasteiger partial charge in [0.25, 0.3) is 0 Å². The van der Waals surface area contributed by atoms with E-state index in [1.165, 1.54) is 0 Å². The summed E-state index contributed by atoms with van der Waals surface area (Å²) in [4.78, 5) is 16.8. The van der Waals surface area contributed by atoms with Gasteiger partial charge >= 0.3 is 6.09 Å². The SMILES string of the molecule is CC(C)(C)OC(=O)NCCNc1c2ccccc2nc2cc(Nc3ccc(Cl)c(Cl)c3)ccc12. The van der Waals surface area contributed by atoms with Crippen LogP contribution in [0.25, 0.3) is 21.8 Å².